The van der Waals surface area contributed by atoms with Gasteiger partial charge in [0.1, 0.15) is 6.10 Å². The number of hydrogen-bond donors (Lipinski definition) is 3. The number of hydrogen-bond acceptors (Lipinski definition) is 5. The molecule has 1 saturated carbocycles. The third-order valence-corrected chi connectivity index (χ3v) is 4.86. The van der Waals surface area contributed by atoms with Crippen molar-refractivity contribution in [2.24, 2.45) is 0 Å². The molecule has 0 radical (unpaired) electrons. The average Bonchev–Trinajstić information content (AvgIpc) is 2.95. The van der Waals surface area contributed by atoms with Gasteiger partial charge in [-0.2, -0.15) is 0 Å². The van der Waals surface area contributed by atoms with E-state index < -0.39 is 18.1 Å². The Morgan fingerprint density at radius 1 is 1.32 bits per heavy atom. The maximum Gasteiger partial charge on any atom is 0.251 e. The van der Waals surface area contributed by atoms with Crippen molar-refractivity contribution < 1.29 is 23.4 Å². The van der Waals surface area contributed by atoms with Crippen molar-refractivity contribution in [3.63, 3.8) is 0 Å². The zero-order chi connectivity index (χ0) is 17.9. The molecule has 1 aliphatic carbocycles. The van der Waals surface area contributed by atoms with E-state index in [1.54, 1.807) is 12.1 Å². The Kier molecular flexibility index (Phi) is 5.61. The Morgan fingerprint density at radius 2 is 2.00 bits per heavy atom. The second-order valence-corrected chi connectivity index (χ2v) is 6.71. The molecule has 0 spiro atoms. The molecule has 3 unspecified atom stereocenters. The van der Waals surface area contributed by atoms with Gasteiger partial charge >= 0.3 is 0 Å². The van der Waals surface area contributed by atoms with Crippen LogP contribution in [0.4, 0.5) is 8.78 Å². The summed E-state index contributed by atoms with van der Waals surface area (Å²) < 4.78 is 32.0. The Morgan fingerprint density at radius 3 is 2.68 bits per heavy atom. The summed E-state index contributed by atoms with van der Waals surface area (Å²) in [7, 11) is 0. The maximum atomic E-state index is 13.2. The molecule has 0 aromatic carbocycles. The third kappa shape index (κ3) is 4.71. The molecular formula is C17H23F2N3O3. The summed E-state index contributed by atoms with van der Waals surface area (Å²) in [6.45, 7) is 0.479. The van der Waals surface area contributed by atoms with Gasteiger partial charge in [0, 0.05) is 43.4 Å². The molecule has 25 heavy (non-hydrogen) atoms. The number of ether oxygens (including phenoxy) is 1. The van der Waals surface area contributed by atoms with Crippen molar-refractivity contribution in [3.05, 3.63) is 30.1 Å². The van der Waals surface area contributed by atoms with E-state index in [0.717, 1.165) is 0 Å². The molecule has 3 N–H and O–H groups in total. The number of aromatic nitrogens is 1. The highest BCUT2D eigenvalue weighted by Crippen LogP contribution is 2.33. The first-order valence-electron chi connectivity index (χ1n) is 8.56. The number of pyridine rings is 1. The van der Waals surface area contributed by atoms with Crippen LogP contribution in [0.2, 0.25) is 0 Å². The van der Waals surface area contributed by atoms with Crippen LogP contribution in [0.1, 0.15) is 36.0 Å². The van der Waals surface area contributed by atoms with Crippen molar-refractivity contribution in [3.8, 4) is 0 Å². The number of alkyl halides is 2. The molecule has 2 heterocycles. The molecule has 2 fully saturated rings. The van der Waals surface area contributed by atoms with E-state index in [4.69, 9.17) is 4.74 Å². The molecule has 2 aliphatic rings. The van der Waals surface area contributed by atoms with Crippen LogP contribution in [-0.4, -0.2) is 59.4 Å². The quantitative estimate of drug-likeness (QED) is 0.737. The number of rotatable bonds is 5. The van der Waals surface area contributed by atoms with Gasteiger partial charge in [0.2, 0.25) is 5.92 Å². The predicted octanol–water partition coefficient (Wildman–Crippen LogP) is 1.11. The summed E-state index contributed by atoms with van der Waals surface area (Å²) >= 11 is 0. The van der Waals surface area contributed by atoms with Crippen LogP contribution in [0.25, 0.3) is 0 Å². The lowest BCUT2D eigenvalue weighted by Crippen LogP contribution is -2.49. The summed E-state index contributed by atoms with van der Waals surface area (Å²) in [5.41, 5.74) is 0.486. The highest BCUT2D eigenvalue weighted by atomic mass is 19.3. The van der Waals surface area contributed by atoms with Gasteiger partial charge in [0.15, 0.2) is 0 Å². The van der Waals surface area contributed by atoms with Gasteiger partial charge in [-0.3, -0.25) is 9.78 Å². The lowest BCUT2D eigenvalue weighted by Gasteiger charge is -2.31. The van der Waals surface area contributed by atoms with Gasteiger partial charge in [-0.25, -0.2) is 8.78 Å². The van der Waals surface area contributed by atoms with Crippen LogP contribution in [0.5, 0.6) is 0 Å². The SMILES string of the molecule is O=C(NCC1OCC(NC2CCC(F)(F)CC2)C1O)c1ccncc1. The predicted molar refractivity (Wildman–Crippen MR) is 86.4 cm³/mol. The fraction of sp³-hybridized carbons (Fsp3) is 0.647. The molecule has 3 rings (SSSR count). The lowest BCUT2D eigenvalue weighted by atomic mass is 9.91. The van der Waals surface area contributed by atoms with Crippen LogP contribution in [0.15, 0.2) is 24.5 Å². The molecular weight excluding hydrogens is 332 g/mol. The fourth-order valence-corrected chi connectivity index (χ4v) is 3.32. The minimum Gasteiger partial charge on any atom is -0.389 e. The summed E-state index contributed by atoms with van der Waals surface area (Å²) in [4.78, 5) is 15.9. The molecule has 138 valence electrons. The van der Waals surface area contributed by atoms with Gasteiger partial charge in [-0.05, 0) is 25.0 Å². The van der Waals surface area contributed by atoms with E-state index in [-0.39, 0.29) is 37.4 Å². The van der Waals surface area contributed by atoms with E-state index in [0.29, 0.717) is 25.0 Å². The van der Waals surface area contributed by atoms with Gasteiger partial charge in [0.05, 0.1) is 18.8 Å². The molecule has 1 aromatic heterocycles. The third-order valence-electron chi connectivity index (χ3n) is 4.86. The topological polar surface area (TPSA) is 83.5 Å². The largest absolute Gasteiger partial charge is 0.389 e. The van der Waals surface area contributed by atoms with Crippen LogP contribution >= 0.6 is 0 Å². The van der Waals surface area contributed by atoms with E-state index >= 15 is 0 Å². The number of halogens is 2. The minimum absolute atomic E-state index is 0.0342. The first-order valence-corrected chi connectivity index (χ1v) is 8.56. The van der Waals surface area contributed by atoms with Gasteiger partial charge < -0.3 is 20.5 Å². The fourth-order valence-electron chi connectivity index (χ4n) is 3.32. The van der Waals surface area contributed by atoms with E-state index in [1.807, 2.05) is 0 Å². The molecule has 0 bridgehead atoms. The number of nitrogens with zero attached hydrogens (tertiary/aromatic N) is 1. The second-order valence-electron chi connectivity index (χ2n) is 6.71. The zero-order valence-electron chi connectivity index (χ0n) is 13.8. The van der Waals surface area contributed by atoms with Crippen LogP contribution in [0, 0.1) is 0 Å². The Hall–Kier alpha value is -1.64. The summed E-state index contributed by atoms with van der Waals surface area (Å²) in [6.07, 6.45) is 2.28. The molecule has 8 heteroatoms. The number of amides is 1. The van der Waals surface area contributed by atoms with E-state index in [1.165, 1.54) is 12.4 Å². The Labute approximate surface area is 145 Å². The van der Waals surface area contributed by atoms with Crippen LogP contribution in [0.3, 0.4) is 0 Å². The molecule has 1 amide bonds. The molecule has 1 saturated heterocycles. The van der Waals surface area contributed by atoms with Gasteiger partial charge in [0.25, 0.3) is 5.91 Å². The molecule has 3 atom stereocenters. The minimum atomic E-state index is -2.57. The highest BCUT2D eigenvalue weighted by molar-refractivity contribution is 5.93. The number of aliphatic hydroxyl groups is 1. The second kappa shape index (κ2) is 7.72. The summed E-state index contributed by atoms with van der Waals surface area (Å²) in [5.74, 6) is -2.83. The molecule has 1 aromatic rings. The molecule has 1 aliphatic heterocycles. The number of carbonyl (C=O) groups is 1. The standard InChI is InChI=1S/C17H23F2N3O3/c18-17(19)5-1-12(2-6-17)22-13-10-25-14(15(13)23)9-21-16(24)11-3-7-20-8-4-11/h3-4,7-8,12-15,22-23H,1-2,5-6,9-10H2,(H,21,24). The summed E-state index contributed by atoms with van der Waals surface area (Å²) in [6, 6.07) is 2.86. The van der Waals surface area contributed by atoms with E-state index in [2.05, 4.69) is 15.6 Å². The van der Waals surface area contributed by atoms with Crippen molar-refractivity contribution in [1.29, 1.82) is 0 Å². The molecule has 6 nitrogen and oxygen atoms in total. The summed E-state index contributed by atoms with van der Waals surface area (Å²) in [5, 5.41) is 16.3. The van der Waals surface area contributed by atoms with Gasteiger partial charge in [-0.1, -0.05) is 0 Å². The van der Waals surface area contributed by atoms with Crippen molar-refractivity contribution in [2.45, 2.75) is 55.9 Å². The smallest absolute Gasteiger partial charge is 0.251 e. The lowest BCUT2D eigenvalue weighted by molar-refractivity contribution is -0.0421. The first kappa shape index (κ1) is 18.2. The zero-order valence-corrected chi connectivity index (χ0v) is 13.8. The van der Waals surface area contributed by atoms with Gasteiger partial charge in [-0.15, -0.1) is 0 Å². The highest BCUT2D eigenvalue weighted by Gasteiger charge is 2.40. The Bertz CT molecular complexity index is 578. The maximum absolute atomic E-state index is 13.2. The number of nitrogens with one attached hydrogen (secondary N) is 2. The first-order chi connectivity index (χ1) is 11.9. The number of carbonyl (C=O) groups excluding carboxylic acids is 1. The van der Waals surface area contributed by atoms with Crippen molar-refractivity contribution in [2.75, 3.05) is 13.2 Å². The average molecular weight is 355 g/mol. The van der Waals surface area contributed by atoms with E-state index in [9.17, 15) is 18.7 Å². The van der Waals surface area contributed by atoms with Crippen molar-refractivity contribution in [1.82, 2.24) is 15.6 Å². The monoisotopic (exact) mass is 355 g/mol. The van der Waals surface area contributed by atoms with Crippen LogP contribution < -0.4 is 10.6 Å². The van der Waals surface area contributed by atoms with Crippen LogP contribution in [-0.2, 0) is 4.74 Å². The van der Waals surface area contributed by atoms with Crippen molar-refractivity contribution >= 4 is 5.91 Å². The normalized spacial score (nSPS) is 29.5. The Balaban J connectivity index is 1.44. The number of aliphatic hydroxyl groups excluding tert-OH is 1.